The molecule has 2 nitrogen and oxygen atoms in total. The first-order chi connectivity index (χ1) is 6.74. The van der Waals surface area contributed by atoms with Crippen LogP contribution in [0.4, 0.5) is 0 Å². The maximum absolute atomic E-state index is 5.70. The van der Waals surface area contributed by atoms with Gasteiger partial charge >= 0.3 is 0 Å². The van der Waals surface area contributed by atoms with Gasteiger partial charge in [-0.15, -0.1) is 0 Å². The number of ether oxygens (including phenoxy) is 2. The number of rotatable bonds is 1. The monoisotopic (exact) mass is 192 g/mol. The van der Waals surface area contributed by atoms with Crippen LogP contribution in [-0.4, -0.2) is 13.7 Å². The Kier molecular flexibility index (Phi) is 2.36. The van der Waals surface area contributed by atoms with E-state index >= 15 is 0 Å². The van der Waals surface area contributed by atoms with Gasteiger partial charge in [0.25, 0.3) is 0 Å². The van der Waals surface area contributed by atoms with Crippen LogP contribution in [0.15, 0.2) is 18.2 Å². The van der Waals surface area contributed by atoms with Crippen molar-refractivity contribution < 1.29 is 9.47 Å². The number of hydrogen-bond acceptors (Lipinski definition) is 2. The molecule has 0 amide bonds. The van der Waals surface area contributed by atoms with Crippen LogP contribution in [0.5, 0.6) is 11.5 Å². The lowest BCUT2D eigenvalue weighted by molar-refractivity contribution is 0.202. The van der Waals surface area contributed by atoms with E-state index in [4.69, 9.17) is 9.47 Å². The Labute approximate surface area is 84.8 Å². The van der Waals surface area contributed by atoms with Gasteiger partial charge in [0, 0.05) is 5.56 Å². The topological polar surface area (TPSA) is 18.5 Å². The molecular weight excluding hydrogens is 176 g/mol. The first-order valence-corrected chi connectivity index (χ1v) is 5.03. The summed E-state index contributed by atoms with van der Waals surface area (Å²) in [5.74, 6) is 2.91. The molecule has 1 aromatic rings. The summed E-state index contributed by atoms with van der Waals surface area (Å²) in [6, 6.07) is 6.09. The zero-order valence-corrected chi connectivity index (χ0v) is 8.91. The molecule has 1 aliphatic rings. The lowest BCUT2D eigenvalue weighted by atomic mass is 9.87. The number of hydrogen-bond donors (Lipinski definition) is 0. The molecule has 14 heavy (non-hydrogen) atoms. The molecule has 2 rings (SSSR count). The summed E-state index contributed by atoms with van der Waals surface area (Å²) in [7, 11) is 1.68. The summed E-state index contributed by atoms with van der Waals surface area (Å²) in [5.41, 5.74) is 1.27. The van der Waals surface area contributed by atoms with E-state index in [1.54, 1.807) is 7.11 Å². The van der Waals surface area contributed by atoms with Crippen molar-refractivity contribution in [3.05, 3.63) is 23.8 Å². The van der Waals surface area contributed by atoms with Crippen LogP contribution in [0.1, 0.15) is 25.3 Å². The maximum Gasteiger partial charge on any atom is 0.164 e. The first-order valence-electron chi connectivity index (χ1n) is 5.03. The molecule has 0 bridgehead atoms. The lowest BCUT2D eigenvalue weighted by Crippen LogP contribution is -2.22. The van der Waals surface area contributed by atoms with E-state index in [0.29, 0.717) is 11.8 Å². The molecule has 0 aromatic heterocycles. The van der Waals surface area contributed by atoms with Gasteiger partial charge < -0.3 is 9.47 Å². The fourth-order valence-corrected chi connectivity index (χ4v) is 1.87. The van der Waals surface area contributed by atoms with E-state index in [0.717, 1.165) is 18.1 Å². The van der Waals surface area contributed by atoms with Crippen LogP contribution in [-0.2, 0) is 0 Å². The summed E-state index contributed by atoms with van der Waals surface area (Å²) in [6.45, 7) is 5.24. The number of benzene rings is 1. The normalized spacial score (nSPS) is 25.1. The van der Waals surface area contributed by atoms with Gasteiger partial charge in [0.2, 0.25) is 0 Å². The van der Waals surface area contributed by atoms with Crippen molar-refractivity contribution in [3.63, 3.8) is 0 Å². The summed E-state index contributed by atoms with van der Waals surface area (Å²) in [5, 5.41) is 0. The Balaban J connectivity index is 2.47. The highest BCUT2D eigenvalue weighted by Gasteiger charge is 2.26. The predicted octanol–water partition coefficient (Wildman–Crippen LogP) is 2.83. The quantitative estimate of drug-likeness (QED) is 0.681. The van der Waals surface area contributed by atoms with Crippen LogP contribution in [0, 0.1) is 5.92 Å². The molecule has 1 heterocycles. The second-order valence-electron chi connectivity index (χ2n) is 3.96. The van der Waals surface area contributed by atoms with Crippen molar-refractivity contribution >= 4 is 0 Å². The third-order valence-corrected chi connectivity index (χ3v) is 3.06. The van der Waals surface area contributed by atoms with Gasteiger partial charge in [0.1, 0.15) is 0 Å². The van der Waals surface area contributed by atoms with Crippen molar-refractivity contribution in [2.45, 2.75) is 19.8 Å². The third kappa shape index (κ3) is 1.35. The minimum atomic E-state index is 0.550. The van der Waals surface area contributed by atoms with Gasteiger partial charge in [0.15, 0.2) is 11.5 Å². The van der Waals surface area contributed by atoms with Crippen molar-refractivity contribution in [1.82, 2.24) is 0 Å². The van der Waals surface area contributed by atoms with E-state index in [1.165, 1.54) is 5.56 Å². The van der Waals surface area contributed by atoms with Crippen LogP contribution < -0.4 is 9.47 Å². The van der Waals surface area contributed by atoms with Gasteiger partial charge in [-0.25, -0.2) is 0 Å². The second kappa shape index (κ2) is 3.52. The Morgan fingerprint density at radius 2 is 2.14 bits per heavy atom. The Hall–Kier alpha value is -1.18. The third-order valence-electron chi connectivity index (χ3n) is 3.06. The number of para-hydroxylation sites is 1. The molecule has 0 aliphatic carbocycles. The minimum Gasteiger partial charge on any atom is -0.493 e. The fraction of sp³-hybridized carbons (Fsp3) is 0.500. The largest absolute Gasteiger partial charge is 0.493 e. The second-order valence-corrected chi connectivity index (χ2v) is 3.96. The van der Waals surface area contributed by atoms with Crippen molar-refractivity contribution in [2.75, 3.05) is 13.7 Å². The molecule has 0 saturated heterocycles. The van der Waals surface area contributed by atoms with Gasteiger partial charge in [-0.05, 0) is 17.9 Å². The van der Waals surface area contributed by atoms with Crippen LogP contribution >= 0.6 is 0 Å². The number of methoxy groups -OCH3 is 1. The zero-order valence-electron chi connectivity index (χ0n) is 8.91. The molecule has 0 radical (unpaired) electrons. The Bertz CT molecular complexity index is 333. The molecule has 1 aromatic carbocycles. The average Bonchev–Trinajstić information content (AvgIpc) is 2.23. The summed E-state index contributed by atoms with van der Waals surface area (Å²) in [6.07, 6.45) is 0. The molecule has 0 N–H and O–H groups in total. The molecule has 2 unspecified atom stereocenters. The molecule has 2 atom stereocenters. The maximum atomic E-state index is 5.70. The fourth-order valence-electron chi connectivity index (χ4n) is 1.87. The van der Waals surface area contributed by atoms with Crippen LogP contribution in [0.3, 0.4) is 0 Å². The van der Waals surface area contributed by atoms with E-state index in [-0.39, 0.29) is 0 Å². The van der Waals surface area contributed by atoms with E-state index in [1.807, 2.05) is 12.1 Å². The summed E-state index contributed by atoms with van der Waals surface area (Å²) >= 11 is 0. The summed E-state index contributed by atoms with van der Waals surface area (Å²) < 4.78 is 11.0. The molecule has 0 fully saturated rings. The Morgan fingerprint density at radius 1 is 1.36 bits per heavy atom. The van der Waals surface area contributed by atoms with Gasteiger partial charge in [-0.3, -0.25) is 0 Å². The lowest BCUT2D eigenvalue weighted by Gasteiger charge is -2.29. The van der Waals surface area contributed by atoms with Crippen LogP contribution in [0.25, 0.3) is 0 Å². The highest BCUT2D eigenvalue weighted by molar-refractivity contribution is 5.49. The number of fused-ring (bicyclic) bond motifs is 1. The molecule has 1 aliphatic heterocycles. The molecule has 0 saturated carbocycles. The zero-order chi connectivity index (χ0) is 10.1. The Morgan fingerprint density at radius 3 is 2.86 bits per heavy atom. The van der Waals surface area contributed by atoms with Crippen molar-refractivity contribution in [3.8, 4) is 11.5 Å². The smallest absolute Gasteiger partial charge is 0.164 e. The highest BCUT2D eigenvalue weighted by Crippen LogP contribution is 2.41. The molecular formula is C12H16O2. The highest BCUT2D eigenvalue weighted by atomic mass is 16.5. The SMILES string of the molecule is COc1cccc2c1OCC(C)C2C. The first kappa shape index (κ1) is 9.38. The van der Waals surface area contributed by atoms with E-state index < -0.39 is 0 Å². The minimum absolute atomic E-state index is 0.550. The van der Waals surface area contributed by atoms with E-state index in [2.05, 4.69) is 19.9 Å². The van der Waals surface area contributed by atoms with Gasteiger partial charge in [0.05, 0.1) is 13.7 Å². The van der Waals surface area contributed by atoms with Crippen molar-refractivity contribution in [2.24, 2.45) is 5.92 Å². The standard InChI is InChI=1S/C12H16O2/c1-8-7-14-12-10(9(8)2)5-4-6-11(12)13-3/h4-6,8-9H,7H2,1-3H3. The van der Waals surface area contributed by atoms with Crippen molar-refractivity contribution in [1.29, 1.82) is 0 Å². The molecule has 0 spiro atoms. The van der Waals surface area contributed by atoms with Gasteiger partial charge in [-0.2, -0.15) is 0 Å². The van der Waals surface area contributed by atoms with Crippen LogP contribution in [0.2, 0.25) is 0 Å². The molecule has 2 heteroatoms. The van der Waals surface area contributed by atoms with Gasteiger partial charge in [-0.1, -0.05) is 26.0 Å². The average molecular weight is 192 g/mol. The van der Waals surface area contributed by atoms with E-state index in [9.17, 15) is 0 Å². The summed E-state index contributed by atoms with van der Waals surface area (Å²) in [4.78, 5) is 0. The molecule has 76 valence electrons. The predicted molar refractivity (Wildman–Crippen MR) is 56.1 cm³/mol.